The van der Waals surface area contributed by atoms with Crippen molar-refractivity contribution >= 4 is 28.2 Å². The summed E-state index contributed by atoms with van der Waals surface area (Å²) in [6.07, 6.45) is 0. The van der Waals surface area contributed by atoms with Gasteiger partial charge in [-0.05, 0) is 43.7 Å². The van der Waals surface area contributed by atoms with Crippen LogP contribution in [-0.2, 0) is 0 Å². The van der Waals surface area contributed by atoms with Crippen molar-refractivity contribution in [3.63, 3.8) is 0 Å². The molecule has 1 aliphatic rings. The third kappa shape index (κ3) is 3.88. The van der Waals surface area contributed by atoms with Crippen LogP contribution in [-0.4, -0.2) is 42.4 Å². The van der Waals surface area contributed by atoms with Gasteiger partial charge in [0.05, 0.1) is 9.88 Å². The molecule has 2 amide bonds. The summed E-state index contributed by atoms with van der Waals surface area (Å²) in [5.74, 6) is -0.864. The summed E-state index contributed by atoms with van der Waals surface area (Å²) < 4.78 is 13.3. The van der Waals surface area contributed by atoms with Crippen LogP contribution in [0.2, 0.25) is 0 Å². The SMILES string of the molecule is Cc1cc(NC(=O)c2cccc(F)c2)sc1C(=O)N1CCNC[C@@H]1C. The monoisotopic (exact) mass is 361 g/mol. The van der Waals surface area contributed by atoms with Crippen molar-refractivity contribution in [2.75, 3.05) is 25.0 Å². The third-order valence-electron chi connectivity index (χ3n) is 4.20. The van der Waals surface area contributed by atoms with E-state index < -0.39 is 11.7 Å². The Kier molecular flexibility index (Phi) is 5.15. The molecule has 7 heteroatoms. The zero-order valence-corrected chi connectivity index (χ0v) is 15.0. The predicted octanol–water partition coefficient (Wildman–Crippen LogP) is 2.88. The minimum atomic E-state index is -0.460. The number of amides is 2. The summed E-state index contributed by atoms with van der Waals surface area (Å²) in [5, 5.41) is 6.59. The largest absolute Gasteiger partial charge is 0.333 e. The van der Waals surface area contributed by atoms with Gasteiger partial charge in [-0.25, -0.2) is 4.39 Å². The number of carbonyl (C=O) groups excluding carboxylic acids is 2. The van der Waals surface area contributed by atoms with Gasteiger partial charge >= 0.3 is 0 Å². The van der Waals surface area contributed by atoms with Gasteiger partial charge in [-0.3, -0.25) is 9.59 Å². The van der Waals surface area contributed by atoms with Crippen molar-refractivity contribution in [3.05, 3.63) is 52.2 Å². The average molecular weight is 361 g/mol. The maximum absolute atomic E-state index is 13.3. The zero-order valence-electron chi connectivity index (χ0n) is 14.1. The van der Waals surface area contributed by atoms with Crippen LogP contribution >= 0.6 is 11.3 Å². The molecule has 0 spiro atoms. The van der Waals surface area contributed by atoms with Crippen molar-refractivity contribution in [1.82, 2.24) is 10.2 Å². The van der Waals surface area contributed by atoms with E-state index in [1.54, 1.807) is 12.1 Å². The Morgan fingerprint density at radius 2 is 2.16 bits per heavy atom. The quantitative estimate of drug-likeness (QED) is 0.884. The first-order valence-electron chi connectivity index (χ1n) is 8.14. The third-order valence-corrected chi connectivity index (χ3v) is 5.34. The molecule has 2 heterocycles. The molecule has 2 aromatic rings. The molecule has 0 unspecified atom stereocenters. The van der Waals surface area contributed by atoms with Gasteiger partial charge in [0.15, 0.2) is 0 Å². The van der Waals surface area contributed by atoms with E-state index in [4.69, 9.17) is 0 Å². The summed E-state index contributed by atoms with van der Waals surface area (Å²) >= 11 is 1.25. The fourth-order valence-electron chi connectivity index (χ4n) is 2.84. The number of aryl methyl sites for hydroxylation is 1. The van der Waals surface area contributed by atoms with Crippen LogP contribution in [0.15, 0.2) is 30.3 Å². The summed E-state index contributed by atoms with van der Waals surface area (Å²) in [5.41, 5.74) is 1.07. The minimum Gasteiger partial charge on any atom is -0.333 e. The van der Waals surface area contributed by atoms with Gasteiger partial charge in [-0.1, -0.05) is 6.07 Å². The lowest BCUT2D eigenvalue weighted by atomic mass is 10.2. The Labute approximate surface area is 149 Å². The zero-order chi connectivity index (χ0) is 18.0. The molecule has 0 saturated carbocycles. The highest BCUT2D eigenvalue weighted by Gasteiger charge is 2.26. The molecular weight excluding hydrogens is 341 g/mol. The molecular formula is C18H20FN3O2S. The molecule has 1 fully saturated rings. The Balaban J connectivity index is 1.76. The molecule has 0 aliphatic carbocycles. The van der Waals surface area contributed by atoms with E-state index in [9.17, 15) is 14.0 Å². The second-order valence-electron chi connectivity index (χ2n) is 6.14. The number of hydrogen-bond donors (Lipinski definition) is 2. The second kappa shape index (κ2) is 7.33. The Hall–Kier alpha value is -2.25. The van der Waals surface area contributed by atoms with Crippen LogP contribution in [0.5, 0.6) is 0 Å². The van der Waals surface area contributed by atoms with Crippen LogP contribution in [0.3, 0.4) is 0 Å². The number of hydrogen-bond acceptors (Lipinski definition) is 4. The lowest BCUT2D eigenvalue weighted by molar-refractivity contribution is 0.0660. The number of anilines is 1. The standard InChI is InChI=1S/C18H20FN3O2S/c1-11-8-15(21-17(23)13-4-3-5-14(19)9-13)25-16(11)18(24)22-7-6-20-10-12(22)2/h3-5,8-9,12,20H,6-7,10H2,1-2H3,(H,21,23)/t12-/m0/s1. The van der Waals surface area contributed by atoms with E-state index in [0.717, 1.165) is 18.7 Å². The van der Waals surface area contributed by atoms with Crippen molar-refractivity contribution < 1.29 is 14.0 Å². The molecule has 1 aromatic heterocycles. The summed E-state index contributed by atoms with van der Waals surface area (Å²) in [4.78, 5) is 27.5. The molecule has 1 aliphatic heterocycles. The molecule has 1 saturated heterocycles. The second-order valence-corrected chi connectivity index (χ2v) is 7.19. The van der Waals surface area contributed by atoms with Gasteiger partial charge < -0.3 is 15.5 Å². The first kappa shape index (κ1) is 17.6. The summed E-state index contributed by atoms with van der Waals surface area (Å²) in [6.45, 7) is 6.10. The summed E-state index contributed by atoms with van der Waals surface area (Å²) in [7, 11) is 0. The van der Waals surface area contributed by atoms with Gasteiger partial charge in [0, 0.05) is 31.2 Å². The highest BCUT2D eigenvalue weighted by Crippen LogP contribution is 2.29. The van der Waals surface area contributed by atoms with Gasteiger partial charge in [0.2, 0.25) is 0 Å². The van der Waals surface area contributed by atoms with Gasteiger partial charge in [0.25, 0.3) is 11.8 Å². The summed E-state index contributed by atoms with van der Waals surface area (Å²) in [6, 6.07) is 7.43. The molecule has 2 N–H and O–H groups in total. The number of benzene rings is 1. The topological polar surface area (TPSA) is 61.4 Å². The fraction of sp³-hybridized carbons (Fsp3) is 0.333. The number of nitrogens with zero attached hydrogens (tertiary/aromatic N) is 1. The molecule has 1 atom stereocenters. The molecule has 132 valence electrons. The molecule has 5 nitrogen and oxygen atoms in total. The smallest absolute Gasteiger partial charge is 0.264 e. The molecule has 1 aromatic carbocycles. The number of thiophene rings is 1. The first-order valence-corrected chi connectivity index (χ1v) is 8.96. The number of piperazine rings is 1. The molecule has 0 radical (unpaired) electrons. The number of rotatable bonds is 3. The number of carbonyl (C=O) groups is 2. The van der Waals surface area contributed by atoms with Crippen LogP contribution < -0.4 is 10.6 Å². The molecule has 3 rings (SSSR count). The maximum Gasteiger partial charge on any atom is 0.264 e. The minimum absolute atomic E-state index is 0.0113. The highest BCUT2D eigenvalue weighted by molar-refractivity contribution is 7.18. The van der Waals surface area contributed by atoms with Gasteiger partial charge in [-0.15, -0.1) is 11.3 Å². The van der Waals surface area contributed by atoms with Crippen molar-refractivity contribution in [2.45, 2.75) is 19.9 Å². The van der Waals surface area contributed by atoms with E-state index >= 15 is 0 Å². The maximum atomic E-state index is 13.3. The van der Waals surface area contributed by atoms with E-state index in [1.165, 1.54) is 29.5 Å². The van der Waals surface area contributed by atoms with Crippen LogP contribution in [0.4, 0.5) is 9.39 Å². The van der Waals surface area contributed by atoms with Crippen LogP contribution in [0.25, 0.3) is 0 Å². The Morgan fingerprint density at radius 3 is 2.88 bits per heavy atom. The number of nitrogens with one attached hydrogen (secondary N) is 2. The van der Waals surface area contributed by atoms with Gasteiger partial charge in [-0.2, -0.15) is 0 Å². The van der Waals surface area contributed by atoms with Crippen LogP contribution in [0.1, 0.15) is 32.5 Å². The molecule has 25 heavy (non-hydrogen) atoms. The predicted molar refractivity (Wildman–Crippen MR) is 96.8 cm³/mol. The van der Waals surface area contributed by atoms with Crippen LogP contribution in [0, 0.1) is 12.7 Å². The normalized spacial score (nSPS) is 17.4. The lowest BCUT2D eigenvalue weighted by Crippen LogP contribution is -2.52. The number of halogens is 1. The highest BCUT2D eigenvalue weighted by atomic mass is 32.1. The Morgan fingerprint density at radius 1 is 1.36 bits per heavy atom. The molecule has 0 bridgehead atoms. The van der Waals surface area contributed by atoms with Crippen molar-refractivity contribution in [2.24, 2.45) is 0 Å². The van der Waals surface area contributed by atoms with E-state index in [-0.39, 0.29) is 17.5 Å². The first-order chi connectivity index (χ1) is 12.0. The van der Waals surface area contributed by atoms with E-state index in [1.807, 2.05) is 18.7 Å². The van der Waals surface area contributed by atoms with Crippen molar-refractivity contribution in [1.29, 1.82) is 0 Å². The van der Waals surface area contributed by atoms with Gasteiger partial charge in [0.1, 0.15) is 5.82 Å². The van der Waals surface area contributed by atoms with E-state index in [2.05, 4.69) is 10.6 Å². The van der Waals surface area contributed by atoms with E-state index in [0.29, 0.717) is 16.4 Å². The lowest BCUT2D eigenvalue weighted by Gasteiger charge is -2.33. The average Bonchev–Trinajstić information content (AvgIpc) is 2.95. The van der Waals surface area contributed by atoms with Crippen molar-refractivity contribution in [3.8, 4) is 0 Å². The fourth-order valence-corrected chi connectivity index (χ4v) is 3.87. The Bertz CT molecular complexity index is 805.